The first-order valence-corrected chi connectivity index (χ1v) is 13.6. The molecule has 4 N–H and O–H groups in total. The molecule has 0 spiro atoms. The zero-order chi connectivity index (χ0) is 27.1. The van der Waals surface area contributed by atoms with Gasteiger partial charge >= 0.3 is 0 Å². The molecule has 0 saturated heterocycles. The van der Waals surface area contributed by atoms with Crippen LogP contribution in [0.3, 0.4) is 0 Å². The van der Waals surface area contributed by atoms with Crippen LogP contribution < -0.4 is 15.8 Å². The summed E-state index contributed by atoms with van der Waals surface area (Å²) in [6, 6.07) is 5.91. The van der Waals surface area contributed by atoms with Crippen molar-refractivity contribution in [2.45, 2.75) is 85.3 Å². The largest absolute Gasteiger partial charge is 0.496 e. The van der Waals surface area contributed by atoms with E-state index in [0.717, 1.165) is 37.0 Å². The highest BCUT2D eigenvalue weighted by atomic mass is 16.7. The Kier molecular flexibility index (Phi) is 15.9. The van der Waals surface area contributed by atoms with Crippen LogP contribution in [0.25, 0.3) is 0 Å². The second kappa shape index (κ2) is 17.7. The third-order valence-electron chi connectivity index (χ3n) is 7.04. The van der Waals surface area contributed by atoms with Crippen LogP contribution in [0.2, 0.25) is 0 Å². The molecule has 1 rings (SSSR count). The van der Waals surface area contributed by atoms with Crippen LogP contribution in [0.4, 0.5) is 0 Å². The molecule has 0 aliphatic rings. The lowest BCUT2D eigenvalue weighted by atomic mass is 9.80. The van der Waals surface area contributed by atoms with Crippen LogP contribution in [0.15, 0.2) is 18.2 Å². The molecule has 0 aromatic heterocycles. The molecule has 0 aliphatic heterocycles. The Morgan fingerprint density at radius 1 is 1.11 bits per heavy atom. The van der Waals surface area contributed by atoms with Gasteiger partial charge in [-0.05, 0) is 67.1 Å². The van der Waals surface area contributed by atoms with E-state index in [1.165, 1.54) is 5.56 Å². The Morgan fingerprint density at radius 3 is 2.42 bits per heavy atom. The molecule has 7 nitrogen and oxygen atoms in total. The Balaban J connectivity index is 2.82. The SMILES string of the molecule is CCCCNC(=O)[C@@H](C[C@H](O)[C@@H](N)C[C@H](Cc1ccc(OC)c(CCOCOC)c1)C(C)C)C(C)C. The van der Waals surface area contributed by atoms with Gasteiger partial charge in [-0.2, -0.15) is 0 Å². The highest BCUT2D eigenvalue weighted by molar-refractivity contribution is 5.78. The molecular weight excluding hydrogens is 456 g/mol. The van der Waals surface area contributed by atoms with Crippen molar-refractivity contribution >= 4 is 5.91 Å². The number of aliphatic hydroxyl groups excluding tert-OH is 1. The van der Waals surface area contributed by atoms with Gasteiger partial charge in [0.05, 0.1) is 19.8 Å². The van der Waals surface area contributed by atoms with Gasteiger partial charge in [0.25, 0.3) is 0 Å². The molecule has 0 aliphatic carbocycles. The van der Waals surface area contributed by atoms with Gasteiger partial charge in [0.1, 0.15) is 12.5 Å². The molecule has 208 valence electrons. The highest BCUT2D eigenvalue weighted by Gasteiger charge is 2.29. The summed E-state index contributed by atoms with van der Waals surface area (Å²) in [5.41, 5.74) is 8.84. The molecule has 0 heterocycles. The summed E-state index contributed by atoms with van der Waals surface area (Å²) in [5.74, 6) is 1.47. The third-order valence-corrected chi connectivity index (χ3v) is 7.04. The number of carbonyl (C=O) groups is 1. The van der Waals surface area contributed by atoms with Gasteiger partial charge in [-0.15, -0.1) is 0 Å². The fourth-order valence-electron chi connectivity index (χ4n) is 4.52. The number of ether oxygens (including phenoxy) is 3. The van der Waals surface area contributed by atoms with E-state index < -0.39 is 6.10 Å². The van der Waals surface area contributed by atoms with E-state index in [1.54, 1.807) is 14.2 Å². The van der Waals surface area contributed by atoms with Crippen LogP contribution >= 0.6 is 0 Å². The summed E-state index contributed by atoms with van der Waals surface area (Å²) < 4.78 is 16.0. The van der Waals surface area contributed by atoms with Crippen molar-refractivity contribution < 1.29 is 24.1 Å². The molecular formula is C29H52N2O5. The van der Waals surface area contributed by atoms with Gasteiger partial charge in [0.15, 0.2) is 0 Å². The quantitative estimate of drug-likeness (QED) is 0.190. The van der Waals surface area contributed by atoms with Gasteiger partial charge in [0, 0.05) is 25.6 Å². The summed E-state index contributed by atoms with van der Waals surface area (Å²) >= 11 is 0. The van der Waals surface area contributed by atoms with E-state index in [-0.39, 0.29) is 30.6 Å². The summed E-state index contributed by atoms with van der Waals surface area (Å²) in [5, 5.41) is 14.0. The van der Waals surface area contributed by atoms with Crippen LogP contribution in [-0.2, 0) is 27.1 Å². The second-order valence-corrected chi connectivity index (χ2v) is 10.6. The van der Waals surface area contributed by atoms with Crippen LogP contribution in [0.1, 0.15) is 71.4 Å². The number of methoxy groups -OCH3 is 2. The molecule has 0 unspecified atom stereocenters. The number of nitrogens with two attached hydrogens (primary N) is 1. The topological polar surface area (TPSA) is 103 Å². The van der Waals surface area contributed by atoms with Gasteiger partial charge < -0.3 is 30.4 Å². The number of carbonyl (C=O) groups excluding carboxylic acids is 1. The van der Waals surface area contributed by atoms with E-state index in [4.69, 9.17) is 19.9 Å². The lowest BCUT2D eigenvalue weighted by Gasteiger charge is -2.30. The smallest absolute Gasteiger partial charge is 0.223 e. The minimum absolute atomic E-state index is 0.0188. The fraction of sp³-hybridized carbons (Fsp3) is 0.759. The van der Waals surface area contributed by atoms with Crippen LogP contribution in [-0.4, -0.2) is 57.3 Å². The minimum Gasteiger partial charge on any atom is -0.496 e. The molecule has 1 aromatic carbocycles. The van der Waals surface area contributed by atoms with Gasteiger partial charge in [-0.25, -0.2) is 0 Å². The van der Waals surface area contributed by atoms with Crippen molar-refractivity contribution in [1.29, 1.82) is 0 Å². The Bertz CT molecular complexity index is 740. The molecule has 0 saturated carbocycles. The molecule has 7 heteroatoms. The predicted octanol–water partition coefficient (Wildman–Crippen LogP) is 4.33. The average Bonchev–Trinajstić information content (AvgIpc) is 2.84. The lowest BCUT2D eigenvalue weighted by molar-refractivity contribution is -0.127. The standard InChI is InChI=1S/C29H52N2O5/c1-8-9-13-31-29(33)25(21(4)5)18-27(32)26(30)17-24(20(2)3)16-22-10-11-28(35-7)23(15-22)12-14-36-19-34-6/h10-11,15,20-21,24-27,32H,8-9,12-14,16-19,30H2,1-7H3,(H,31,33)/t24-,25-,26-,27-/m0/s1. The highest BCUT2D eigenvalue weighted by Crippen LogP contribution is 2.28. The molecule has 1 amide bonds. The van der Waals surface area contributed by atoms with Crippen molar-refractivity contribution in [2.75, 3.05) is 34.2 Å². The number of aliphatic hydroxyl groups is 1. The number of rotatable bonds is 19. The molecule has 0 fully saturated rings. The molecule has 36 heavy (non-hydrogen) atoms. The van der Waals surface area contributed by atoms with Crippen molar-refractivity contribution in [1.82, 2.24) is 5.32 Å². The van der Waals surface area contributed by atoms with Gasteiger partial charge in [-0.3, -0.25) is 4.79 Å². The molecule has 0 bridgehead atoms. The van der Waals surface area contributed by atoms with E-state index in [9.17, 15) is 9.90 Å². The van der Waals surface area contributed by atoms with Gasteiger partial charge in [0.2, 0.25) is 5.91 Å². The van der Waals surface area contributed by atoms with E-state index in [2.05, 4.69) is 38.2 Å². The zero-order valence-corrected chi connectivity index (χ0v) is 23.7. The minimum atomic E-state index is -0.722. The van der Waals surface area contributed by atoms with E-state index in [0.29, 0.717) is 37.8 Å². The predicted molar refractivity (Wildman–Crippen MR) is 146 cm³/mol. The molecule has 4 atom stereocenters. The third kappa shape index (κ3) is 11.6. The van der Waals surface area contributed by atoms with Crippen molar-refractivity contribution in [2.24, 2.45) is 29.4 Å². The summed E-state index contributed by atoms with van der Waals surface area (Å²) in [4.78, 5) is 12.7. The van der Waals surface area contributed by atoms with E-state index in [1.807, 2.05) is 19.9 Å². The summed E-state index contributed by atoms with van der Waals surface area (Å²) in [6.07, 6.45) is 3.95. The molecule has 1 aromatic rings. The fourth-order valence-corrected chi connectivity index (χ4v) is 4.52. The number of benzene rings is 1. The number of amides is 1. The maximum absolute atomic E-state index is 12.7. The number of hydrogen-bond acceptors (Lipinski definition) is 6. The van der Waals surface area contributed by atoms with Crippen LogP contribution in [0, 0.1) is 23.7 Å². The first-order valence-electron chi connectivity index (χ1n) is 13.6. The summed E-state index contributed by atoms with van der Waals surface area (Å²) in [7, 11) is 3.29. The Labute approximate surface area is 219 Å². The number of nitrogens with one attached hydrogen (secondary N) is 1. The van der Waals surface area contributed by atoms with Crippen molar-refractivity contribution in [3.05, 3.63) is 29.3 Å². The maximum Gasteiger partial charge on any atom is 0.223 e. The van der Waals surface area contributed by atoms with Crippen LogP contribution in [0.5, 0.6) is 5.75 Å². The van der Waals surface area contributed by atoms with Gasteiger partial charge in [-0.1, -0.05) is 53.2 Å². The summed E-state index contributed by atoms with van der Waals surface area (Å²) in [6.45, 7) is 12.1. The first kappa shape index (κ1) is 32.4. The number of unbranched alkanes of at least 4 members (excludes halogenated alkanes) is 1. The lowest BCUT2D eigenvalue weighted by Crippen LogP contribution is -2.42. The number of hydrogen-bond donors (Lipinski definition) is 3. The zero-order valence-electron chi connectivity index (χ0n) is 23.7. The van der Waals surface area contributed by atoms with E-state index >= 15 is 0 Å². The second-order valence-electron chi connectivity index (χ2n) is 10.6. The normalized spacial score (nSPS) is 15.1. The first-order chi connectivity index (χ1) is 17.1. The van der Waals surface area contributed by atoms with Crippen molar-refractivity contribution in [3.8, 4) is 5.75 Å². The molecule has 0 radical (unpaired) electrons. The van der Waals surface area contributed by atoms with Crippen molar-refractivity contribution in [3.63, 3.8) is 0 Å². The maximum atomic E-state index is 12.7. The Hall–Kier alpha value is -1.67. The average molecular weight is 509 g/mol. The Morgan fingerprint density at radius 2 is 1.83 bits per heavy atom. The monoisotopic (exact) mass is 508 g/mol.